The molecule has 1 heterocycles. The molecule has 0 spiro atoms. The number of hydrogen-bond donors (Lipinski definition) is 2. The Labute approximate surface area is 121 Å². The van der Waals surface area contributed by atoms with Crippen LogP contribution in [0.2, 0.25) is 0 Å². The number of anilines is 1. The Morgan fingerprint density at radius 1 is 1.57 bits per heavy atom. The van der Waals surface area contributed by atoms with Gasteiger partial charge in [0, 0.05) is 12.1 Å². The van der Waals surface area contributed by atoms with Crippen LogP contribution in [0.3, 0.4) is 0 Å². The second-order valence-corrected chi connectivity index (χ2v) is 5.39. The Hall–Kier alpha value is -2.38. The largest absolute Gasteiger partial charge is 0.481 e. The number of carbonyl (C=O) groups is 1. The van der Waals surface area contributed by atoms with Gasteiger partial charge in [-0.05, 0) is 27.2 Å². The lowest BCUT2D eigenvalue weighted by Gasteiger charge is -2.16. The van der Waals surface area contributed by atoms with E-state index in [4.69, 9.17) is 5.11 Å². The summed E-state index contributed by atoms with van der Waals surface area (Å²) in [6.45, 7) is 5.35. The van der Waals surface area contributed by atoms with Crippen LogP contribution in [0.1, 0.15) is 32.0 Å². The number of nitrogens with zero attached hydrogens (tertiary/aromatic N) is 3. The molecule has 114 valence electrons. The first-order valence-electron chi connectivity index (χ1n) is 6.72. The normalized spacial score (nSPS) is 21.0. The molecule has 0 aromatic carbocycles. The quantitative estimate of drug-likeness (QED) is 0.489. The summed E-state index contributed by atoms with van der Waals surface area (Å²) in [5.74, 6) is -1.12. The van der Waals surface area contributed by atoms with E-state index in [1.165, 1.54) is 0 Å². The van der Waals surface area contributed by atoms with Crippen molar-refractivity contribution in [1.82, 2.24) is 9.78 Å². The van der Waals surface area contributed by atoms with E-state index in [0.29, 0.717) is 17.9 Å². The first-order valence-corrected chi connectivity index (χ1v) is 6.72. The van der Waals surface area contributed by atoms with Gasteiger partial charge in [0.2, 0.25) is 5.82 Å². The van der Waals surface area contributed by atoms with E-state index < -0.39 is 16.8 Å². The van der Waals surface area contributed by atoms with Crippen LogP contribution in [0, 0.1) is 23.0 Å². The number of carboxylic acid groups (broad SMARTS) is 1. The molecule has 1 aliphatic carbocycles. The maximum Gasteiger partial charge on any atom is 0.333 e. The highest BCUT2D eigenvalue weighted by Gasteiger charge is 2.30. The smallest absolute Gasteiger partial charge is 0.333 e. The summed E-state index contributed by atoms with van der Waals surface area (Å²) < 4.78 is 1.56. The van der Waals surface area contributed by atoms with Crippen molar-refractivity contribution in [1.29, 1.82) is 0 Å². The van der Waals surface area contributed by atoms with Gasteiger partial charge in [-0.1, -0.05) is 12.2 Å². The van der Waals surface area contributed by atoms with Gasteiger partial charge in [0.1, 0.15) is 5.69 Å². The number of carboxylic acids is 1. The summed E-state index contributed by atoms with van der Waals surface area (Å²) in [6, 6.07) is -0.293. The average Bonchev–Trinajstić information content (AvgIpc) is 2.94. The molecule has 2 N–H and O–H groups in total. The molecular formula is C13H18N4O4. The van der Waals surface area contributed by atoms with Crippen LogP contribution in [0.4, 0.5) is 11.5 Å². The highest BCUT2D eigenvalue weighted by molar-refractivity contribution is 5.73. The Kier molecular flexibility index (Phi) is 3.97. The minimum atomic E-state index is -0.890. The molecule has 1 aromatic rings. The summed E-state index contributed by atoms with van der Waals surface area (Å²) in [7, 11) is 0. The molecule has 1 aromatic heterocycles. The minimum absolute atomic E-state index is 0.0412. The van der Waals surface area contributed by atoms with Crippen molar-refractivity contribution in [2.75, 3.05) is 5.32 Å². The number of aryl methyl sites for hydroxylation is 1. The lowest BCUT2D eigenvalue weighted by atomic mass is 10.1. The third-order valence-corrected chi connectivity index (χ3v) is 3.45. The molecule has 2 atom stereocenters. The molecule has 0 amide bonds. The zero-order chi connectivity index (χ0) is 15.7. The molecule has 1 aliphatic rings. The lowest BCUT2D eigenvalue weighted by Crippen LogP contribution is -2.21. The number of aromatic nitrogens is 2. The zero-order valence-electron chi connectivity index (χ0n) is 12.1. The van der Waals surface area contributed by atoms with Gasteiger partial charge in [0.15, 0.2) is 0 Å². The molecule has 0 saturated heterocycles. The summed E-state index contributed by atoms with van der Waals surface area (Å²) in [6.07, 6.45) is 3.71. The van der Waals surface area contributed by atoms with Crippen LogP contribution in [0.5, 0.6) is 0 Å². The van der Waals surface area contributed by atoms with E-state index in [1.54, 1.807) is 23.8 Å². The predicted molar refractivity (Wildman–Crippen MR) is 76.3 cm³/mol. The van der Waals surface area contributed by atoms with Gasteiger partial charge in [-0.2, -0.15) is 5.10 Å². The van der Waals surface area contributed by atoms with Gasteiger partial charge >= 0.3 is 11.7 Å². The molecule has 0 aliphatic heterocycles. The van der Waals surface area contributed by atoms with Gasteiger partial charge in [-0.25, -0.2) is 4.68 Å². The van der Waals surface area contributed by atoms with E-state index in [1.807, 2.05) is 13.8 Å². The monoisotopic (exact) mass is 294 g/mol. The summed E-state index contributed by atoms with van der Waals surface area (Å²) in [4.78, 5) is 21.7. The van der Waals surface area contributed by atoms with Crippen LogP contribution in [0.15, 0.2) is 12.2 Å². The van der Waals surface area contributed by atoms with E-state index in [0.717, 1.165) is 0 Å². The highest BCUT2D eigenvalue weighted by atomic mass is 16.6. The Balaban J connectivity index is 2.29. The van der Waals surface area contributed by atoms with Gasteiger partial charge < -0.3 is 10.4 Å². The third kappa shape index (κ3) is 2.88. The summed E-state index contributed by atoms with van der Waals surface area (Å²) in [5, 5.41) is 27.5. The molecule has 8 nitrogen and oxygen atoms in total. The van der Waals surface area contributed by atoms with E-state index >= 15 is 0 Å². The standard InChI is InChI=1S/C13H18N4O4/c1-7(2)16-12(11(17(20)21)8(3)15-16)14-10-5-4-9(6-10)13(18)19/h4-5,7,9-10,14H,6H2,1-3H3,(H,18,19). The van der Waals surface area contributed by atoms with E-state index in [-0.39, 0.29) is 17.8 Å². The SMILES string of the molecule is Cc1nn(C(C)C)c(NC2C=CC(C(=O)O)C2)c1[N+](=O)[O-]. The van der Waals surface area contributed by atoms with Crippen molar-refractivity contribution in [2.24, 2.45) is 5.92 Å². The van der Waals surface area contributed by atoms with E-state index in [2.05, 4.69) is 10.4 Å². The fraction of sp³-hybridized carbons (Fsp3) is 0.538. The van der Waals surface area contributed by atoms with Gasteiger partial charge in [0.05, 0.1) is 10.8 Å². The van der Waals surface area contributed by atoms with Crippen molar-refractivity contribution < 1.29 is 14.8 Å². The van der Waals surface area contributed by atoms with Crippen LogP contribution in [0.25, 0.3) is 0 Å². The first-order chi connectivity index (χ1) is 9.81. The molecule has 21 heavy (non-hydrogen) atoms. The summed E-state index contributed by atoms with van der Waals surface area (Å²) in [5.41, 5.74) is 0.281. The maximum atomic E-state index is 11.2. The molecule has 2 rings (SSSR count). The Morgan fingerprint density at radius 3 is 2.71 bits per heavy atom. The lowest BCUT2D eigenvalue weighted by molar-refractivity contribution is -0.384. The second-order valence-electron chi connectivity index (χ2n) is 5.39. The number of hydrogen-bond acceptors (Lipinski definition) is 5. The minimum Gasteiger partial charge on any atom is -0.481 e. The molecule has 0 radical (unpaired) electrons. The summed E-state index contributed by atoms with van der Waals surface area (Å²) >= 11 is 0. The van der Waals surface area contributed by atoms with Crippen molar-refractivity contribution >= 4 is 17.5 Å². The number of rotatable bonds is 5. The fourth-order valence-corrected chi connectivity index (χ4v) is 2.43. The van der Waals surface area contributed by atoms with Crippen molar-refractivity contribution in [3.05, 3.63) is 28.0 Å². The molecular weight excluding hydrogens is 276 g/mol. The molecule has 0 bridgehead atoms. The molecule has 8 heteroatoms. The average molecular weight is 294 g/mol. The Bertz CT molecular complexity index is 606. The van der Waals surface area contributed by atoms with Crippen molar-refractivity contribution in [2.45, 2.75) is 39.3 Å². The van der Waals surface area contributed by atoms with Crippen LogP contribution in [-0.2, 0) is 4.79 Å². The van der Waals surface area contributed by atoms with Crippen LogP contribution >= 0.6 is 0 Å². The van der Waals surface area contributed by atoms with Gasteiger partial charge in [-0.15, -0.1) is 0 Å². The van der Waals surface area contributed by atoms with E-state index in [9.17, 15) is 14.9 Å². The highest BCUT2D eigenvalue weighted by Crippen LogP contribution is 2.33. The molecule has 2 unspecified atom stereocenters. The van der Waals surface area contributed by atoms with Gasteiger partial charge in [-0.3, -0.25) is 14.9 Å². The van der Waals surface area contributed by atoms with Crippen LogP contribution < -0.4 is 5.32 Å². The van der Waals surface area contributed by atoms with Crippen LogP contribution in [-0.4, -0.2) is 31.8 Å². The number of nitrogens with one attached hydrogen (secondary N) is 1. The molecule has 0 saturated carbocycles. The maximum absolute atomic E-state index is 11.2. The predicted octanol–water partition coefficient (Wildman–Crippen LogP) is 2.12. The fourth-order valence-electron chi connectivity index (χ4n) is 2.43. The topological polar surface area (TPSA) is 110 Å². The number of aliphatic carboxylic acids is 1. The third-order valence-electron chi connectivity index (χ3n) is 3.45. The van der Waals surface area contributed by atoms with Crippen molar-refractivity contribution in [3.8, 4) is 0 Å². The van der Waals surface area contributed by atoms with Gasteiger partial charge in [0.25, 0.3) is 0 Å². The number of nitro groups is 1. The van der Waals surface area contributed by atoms with Crippen molar-refractivity contribution in [3.63, 3.8) is 0 Å². The second kappa shape index (κ2) is 5.55. The first kappa shape index (κ1) is 15.0. The Morgan fingerprint density at radius 2 is 2.24 bits per heavy atom. The molecule has 0 fully saturated rings. The zero-order valence-corrected chi connectivity index (χ0v) is 12.1.